The van der Waals surface area contributed by atoms with Crippen LogP contribution < -0.4 is 19.7 Å². The lowest BCUT2D eigenvalue weighted by Crippen LogP contribution is -2.25. The Morgan fingerprint density at radius 3 is 2.33 bits per heavy atom. The van der Waals surface area contributed by atoms with Crippen molar-refractivity contribution >= 4 is 17.3 Å². The number of nitro benzene ring substituents is 1. The summed E-state index contributed by atoms with van der Waals surface area (Å²) in [6.45, 7) is 2.65. The lowest BCUT2D eigenvalue weighted by atomic mass is 10.1. The summed E-state index contributed by atoms with van der Waals surface area (Å²) in [7, 11) is 2.80. The molecule has 0 atom stereocenters. The summed E-state index contributed by atoms with van der Waals surface area (Å²) in [5.41, 5.74) is 2.09. The van der Waals surface area contributed by atoms with Crippen LogP contribution in [0.5, 0.6) is 11.5 Å². The number of carbonyl (C=O) groups is 1. The summed E-state index contributed by atoms with van der Waals surface area (Å²) in [5.74, 6) is -0.0310. The Labute approximate surface area is 175 Å². The van der Waals surface area contributed by atoms with E-state index in [0.29, 0.717) is 6.54 Å². The molecular formula is C22H27N3O5. The SMILES string of the molecule is COc1cc(C(=O)NCCCc2ccc(N3CCCC3)cc2)c([N+](=O)[O-])cc1OC. The van der Waals surface area contributed by atoms with Gasteiger partial charge in [-0.1, -0.05) is 12.1 Å². The van der Waals surface area contributed by atoms with Gasteiger partial charge in [0.25, 0.3) is 11.6 Å². The number of carbonyl (C=O) groups excluding carboxylic acids is 1. The first-order valence-electron chi connectivity index (χ1n) is 10.1. The highest BCUT2D eigenvalue weighted by Crippen LogP contribution is 2.34. The van der Waals surface area contributed by atoms with Crippen LogP contribution in [0.4, 0.5) is 11.4 Å². The maximum atomic E-state index is 12.5. The molecule has 0 aromatic heterocycles. The average molecular weight is 413 g/mol. The maximum Gasteiger partial charge on any atom is 0.286 e. The van der Waals surface area contributed by atoms with Crippen LogP contribution in [0.3, 0.4) is 0 Å². The molecule has 1 aliphatic heterocycles. The number of amides is 1. The Balaban J connectivity index is 1.56. The van der Waals surface area contributed by atoms with Crippen molar-refractivity contribution in [3.63, 3.8) is 0 Å². The first kappa shape index (κ1) is 21.4. The van der Waals surface area contributed by atoms with Gasteiger partial charge in [0, 0.05) is 31.4 Å². The summed E-state index contributed by atoms with van der Waals surface area (Å²) in [6, 6.07) is 11.1. The number of rotatable bonds is 9. The Morgan fingerprint density at radius 1 is 1.10 bits per heavy atom. The van der Waals surface area contributed by atoms with Gasteiger partial charge in [0.15, 0.2) is 11.5 Å². The van der Waals surface area contributed by atoms with Crippen LogP contribution in [0.2, 0.25) is 0 Å². The van der Waals surface area contributed by atoms with Crippen molar-refractivity contribution in [2.75, 3.05) is 38.8 Å². The molecule has 0 spiro atoms. The number of anilines is 1. The normalized spacial score (nSPS) is 13.2. The number of benzene rings is 2. The second-order valence-electron chi connectivity index (χ2n) is 7.20. The van der Waals surface area contributed by atoms with Crippen molar-refractivity contribution in [1.82, 2.24) is 5.32 Å². The zero-order valence-electron chi connectivity index (χ0n) is 17.3. The minimum absolute atomic E-state index is 0.0485. The van der Waals surface area contributed by atoms with Crippen molar-refractivity contribution in [1.29, 1.82) is 0 Å². The molecule has 30 heavy (non-hydrogen) atoms. The molecule has 2 aromatic rings. The number of nitrogens with one attached hydrogen (secondary N) is 1. The average Bonchev–Trinajstić information content (AvgIpc) is 3.30. The second-order valence-corrected chi connectivity index (χ2v) is 7.20. The summed E-state index contributed by atoms with van der Waals surface area (Å²) < 4.78 is 10.2. The Kier molecular flexibility index (Phi) is 7.11. The molecule has 8 heteroatoms. The van der Waals surface area contributed by atoms with Gasteiger partial charge in [-0.15, -0.1) is 0 Å². The fourth-order valence-electron chi connectivity index (χ4n) is 3.64. The van der Waals surface area contributed by atoms with Gasteiger partial charge in [-0.05, 0) is 43.4 Å². The molecule has 2 aromatic carbocycles. The quantitative estimate of drug-likeness (QED) is 0.384. The van der Waals surface area contributed by atoms with Gasteiger partial charge in [-0.2, -0.15) is 0 Å². The van der Waals surface area contributed by atoms with Crippen molar-refractivity contribution in [3.05, 3.63) is 57.6 Å². The van der Waals surface area contributed by atoms with Crippen LogP contribution in [0, 0.1) is 10.1 Å². The Morgan fingerprint density at radius 2 is 1.73 bits per heavy atom. The zero-order chi connectivity index (χ0) is 21.5. The highest BCUT2D eigenvalue weighted by atomic mass is 16.6. The highest BCUT2D eigenvalue weighted by molar-refractivity contribution is 5.99. The van der Waals surface area contributed by atoms with E-state index >= 15 is 0 Å². The summed E-state index contributed by atoms with van der Waals surface area (Å²) >= 11 is 0. The maximum absolute atomic E-state index is 12.5. The first-order valence-corrected chi connectivity index (χ1v) is 10.1. The van der Waals surface area contributed by atoms with E-state index in [1.807, 2.05) is 0 Å². The van der Waals surface area contributed by atoms with Gasteiger partial charge in [0.2, 0.25) is 0 Å². The van der Waals surface area contributed by atoms with E-state index in [4.69, 9.17) is 9.47 Å². The smallest absolute Gasteiger partial charge is 0.286 e. The molecule has 1 saturated heterocycles. The van der Waals surface area contributed by atoms with E-state index in [1.165, 1.54) is 50.4 Å². The van der Waals surface area contributed by atoms with Crippen LogP contribution in [0.15, 0.2) is 36.4 Å². The molecule has 160 valence electrons. The third-order valence-corrected chi connectivity index (χ3v) is 5.28. The van der Waals surface area contributed by atoms with E-state index in [1.54, 1.807) is 0 Å². The van der Waals surface area contributed by atoms with E-state index < -0.39 is 10.8 Å². The van der Waals surface area contributed by atoms with Gasteiger partial charge in [0.05, 0.1) is 25.2 Å². The number of aryl methyl sites for hydroxylation is 1. The molecule has 0 radical (unpaired) electrons. The van der Waals surface area contributed by atoms with E-state index in [9.17, 15) is 14.9 Å². The Bertz CT molecular complexity index is 892. The van der Waals surface area contributed by atoms with E-state index in [2.05, 4.69) is 34.5 Å². The van der Waals surface area contributed by atoms with Crippen LogP contribution >= 0.6 is 0 Å². The van der Waals surface area contributed by atoms with Gasteiger partial charge in [-0.25, -0.2) is 0 Å². The lowest BCUT2D eigenvalue weighted by molar-refractivity contribution is -0.385. The molecule has 1 aliphatic rings. The van der Waals surface area contributed by atoms with Crippen molar-refractivity contribution in [2.24, 2.45) is 0 Å². The predicted molar refractivity (Wildman–Crippen MR) is 115 cm³/mol. The monoisotopic (exact) mass is 413 g/mol. The molecule has 1 heterocycles. The van der Waals surface area contributed by atoms with Crippen LogP contribution in [0.25, 0.3) is 0 Å². The van der Waals surface area contributed by atoms with E-state index in [0.717, 1.165) is 25.9 Å². The molecular weight excluding hydrogens is 386 g/mol. The van der Waals surface area contributed by atoms with Crippen molar-refractivity contribution < 1.29 is 19.2 Å². The molecule has 0 saturated carbocycles. The fraction of sp³-hybridized carbons (Fsp3) is 0.409. The molecule has 8 nitrogen and oxygen atoms in total. The predicted octanol–water partition coefficient (Wildman–Crippen LogP) is 3.57. The molecule has 0 unspecified atom stereocenters. The number of nitro groups is 1. The lowest BCUT2D eigenvalue weighted by Gasteiger charge is -2.17. The number of hydrogen-bond acceptors (Lipinski definition) is 6. The third kappa shape index (κ3) is 5.00. The Hall–Kier alpha value is -3.29. The molecule has 1 N–H and O–H groups in total. The number of ether oxygens (including phenoxy) is 2. The van der Waals surface area contributed by atoms with Crippen molar-refractivity contribution in [2.45, 2.75) is 25.7 Å². The third-order valence-electron chi connectivity index (χ3n) is 5.28. The highest BCUT2D eigenvalue weighted by Gasteiger charge is 2.24. The number of methoxy groups -OCH3 is 2. The largest absolute Gasteiger partial charge is 0.493 e. The van der Waals surface area contributed by atoms with Crippen LogP contribution in [-0.4, -0.2) is 44.7 Å². The molecule has 3 rings (SSSR count). The molecule has 1 fully saturated rings. The minimum Gasteiger partial charge on any atom is -0.493 e. The van der Waals surface area contributed by atoms with Crippen LogP contribution in [-0.2, 0) is 6.42 Å². The standard InChI is InChI=1S/C22H27N3O5/c1-29-20-14-18(19(25(27)28)15-21(20)30-2)22(26)23-11-5-6-16-7-9-17(10-8-16)24-12-3-4-13-24/h7-10,14-15H,3-6,11-13H2,1-2H3,(H,23,26). The van der Waals surface area contributed by atoms with Gasteiger partial charge < -0.3 is 19.7 Å². The first-order chi connectivity index (χ1) is 14.5. The summed E-state index contributed by atoms with van der Waals surface area (Å²) in [6.07, 6.45) is 4.05. The second kappa shape index (κ2) is 9.96. The molecule has 1 amide bonds. The topological polar surface area (TPSA) is 93.9 Å². The number of nitrogens with zero attached hydrogens (tertiary/aromatic N) is 2. The van der Waals surface area contributed by atoms with Crippen LogP contribution in [0.1, 0.15) is 35.2 Å². The van der Waals surface area contributed by atoms with Gasteiger partial charge in [-0.3, -0.25) is 14.9 Å². The number of hydrogen-bond donors (Lipinski definition) is 1. The molecule has 0 bridgehead atoms. The van der Waals surface area contributed by atoms with Gasteiger partial charge >= 0.3 is 0 Å². The molecule has 0 aliphatic carbocycles. The van der Waals surface area contributed by atoms with E-state index in [-0.39, 0.29) is 22.7 Å². The van der Waals surface area contributed by atoms with Crippen molar-refractivity contribution in [3.8, 4) is 11.5 Å². The summed E-state index contributed by atoms with van der Waals surface area (Å²) in [5, 5.41) is 14.1. The summed E-state index contributed by atoms with van der Waals surface area (Å²) in [4.78, 5) is 25.7. The van der Waals surface area contributed by atoms with Gasteiger partial charge in [0.1, 0.15) is 5.56 Å². The fourth-order valence-corrected chi connectivity index (χ4v) is 3.64. The zero-order valence-corrected chi connectivity index (χ0v) is 17.3. The minimum atomic E-state index is -0.598.